The van der Waals surface area contributed by atoms with E-state index in [0.29, 0.717) is 6.42 Å². The third kappa shape index (κ3) is 2.96. The number of rotatable bonds is 5. The van der Waals surface area contributed by atoms with Gasteiger partial charge in [0.05, 0.1) is 5.66 Å². The van der Waals surface area contributed by atoms with E-state index in [2.05, 4.69) is 12.2 Å². The molecule has 0 fully saturated rings. The maximum Gasteiger partial charge on any atom is 0.321 e. The SMILES string of the molecule is CCCCCC1(N)NC(C(=O)O)Cc2ccccc21. The number of hydrogen-bond acceptors (Lipinski definition) is 3. The van der Waals surface area contributed by atoms with Gasteiger partial charge >= 0.3 is 5.97 Å². The minimum Gasteiger partial charge on any atom is -0.480 e. The molecule has 1 aromatic carbocycles. The van der Waals surface area contributed by atoms with Gasteiger partial charge in [0, 0.05) is 0 Å². The Balaban J connectivity index is 2.27. The molecule has 0 radical (unpaired) electrons. The summed E-state index contributed by atoms with van der Waals surface area (Å²) in [6.07, 6.45) is 4.50. The Morgan fingerprint density at radius 1 is 1.47 bits per heavy atom. The molecule has 0 saturated heterocycles. The van der Waals surface area contributed by atoms with E-state index in [4.69, 9.17) is 5.73 Å². The standard InChI is InChI=1S/C15H22N2O2/c1-2-3-6-9-15(16)12-8-5-4-7-11(12)10-13(17-15)14(18)19/h4-5,7-8,13,17H,2-3,6,9-10,16H2,1H3,(H,18,19). The maximum absolute atomic E-state index is 11.3. The normalized spacial score (nSPS) is 25.9. The van der Waals surface area contributed by atoms with Gasteiger partial charge in [0.1, 0.15) is 6.04 Å². The van der Waals surface area contributed by atoms with Gasteiger partial charge in [-0.05, 0) is 30.4 Å². The summed E-state index contributed by atoms with van der Waals surface area (Å²) in [6, 6.07) is 7.29. The van der Waals surface area contributed by atoms with Crippen molar-refractivity contribution in [1.82, 2.24) is 5.32 Å². The van der Waals surface area contributed by atoms with Crippen LogP contribution in [-0.2, 0) is 16.9 Å². The highest BCUT2D eigenvalue weighted by Gasteiger charge is 2.38. The quantitative estimate of drug-likeness (QED) is 0.709. The van der Waals surface area contributed by atoms with Crippen molar-refractivity contribution >= 4 is 5.97 Å². The van der Waals surface area contributed by atoms with Gasteiger partial charge in [0.25, 0.3) is 0 Å². The van der Waals surface area contributed by atoms with Crippen LogP contribution in [0.25, 0.3) is 0 Å². The van der Waals surface area contributed by atoms with Gasteiger partial charge in [-0.25, -0.2) is 0 Å². The van der Waals surface area contributed by atoms with Crippen LogP contribution < -0.4 is 11.1 Å². The first-order valence-electron chi connectivity index (χ1n) is 6.94. The highest BCUT2D eigenvalue weighted by Crippen LogP contribution is 2.31. The lowest BCUT2D eigenvalue weighted by Gasteiger charge is -2.40. The van der Waals surface area contributed by atoms with Gasteiger partial charge in [-0.15, -0.1) is 0 Å². The number of unbranched alkanes of at least 4 members (excludes halogenated alkanes) is 2. The minimum absolute atomic E-state index is 0.498. The molecule has 4 N–H and O–H groups in total. The second-order valence-corrected chi connectivity index (χ2v) is 5.32. The van der Waals surface area contributed by atoms with Crippen molar-refractivity contribution in [3.8, 4) is 0 Å². The van der Waals surface area contributed by atoms with Crippen molar-refractivity contribution in [2.75, 3.05) is 0 Å². The van der Waals surface area contributed by atoms with Gasteiger partial charge < -0.3 is 10.8 Å². The molecule has 0 amide bonds. The van der Waals surface area contributed by atoms with Crippen LogP contribution in [0, 0.1) is 0 Å². The van der Waals surface area contributed by atoms with E-state index in [-0.39, 0.29) is 0 Å². The largest absolute Gasteiger partial charge is 0.480 e. The monoisotopic (exact) mass is 262 g/mol. The van der Waals surface area contributed by atoms with Gasteiger partial charge in [0.2, 0.25) is 0 Å². The second kappa shape index (κ2) is 5.72. The predicted molar refractivity (Wildman–Crippen MR) is 74.7 cm³/mol. The number of carboxylic acids is 1. The number of carbonyl (C=O) groups is 1. The molecule has 1 aliphatic rings. The molecule has 1 heterocycles. The molecule has 104 valence electrons. The fraction of sp³-hybridized carbons (Fsp3) is 0.533. The summed E-state index contributed by atoms with van der Waals surface area (Å²) in [4.78, 5) is 11.3. The molecule has 0 aromatic heterocycles. The Bertz CT molecular complexity index is 461. The highest BCUT2D eigenvalue weighted by atomic mass is 16.4. The third-order valence-corrected chi connectivity index (χ3v) is 3.83. The summed E-state index contributed by atoms with van der Waals surface area (Å²) in [5, 5.41) is 12.4. The van der Waals surface area contributed by atoms with Crippen LogP contribution in [0.1, 0.15) is 43.7 Å². The van der Waals surface area contributed by atoms with Crippen molar-refractivity contribution in [2.45, 2.75) is 50.7 Å². The van der Waals surface area contributed by atoms with Crippen LogP contribution in [0.5, 0.6) is 0 Å². The van der Waals surface area contributed by atoms with E-state index in [9.17, 15) is 9.90 Å². The number of nitrogens with one attached hydrogen (secondary N) is 1. The Morgan fingerprint density at radius 2 is 2.21 bits per heavy atom. The first-order chi connectivity index (χ1) is 9.07. The Kier molecular flexibility index (Phi) is 4.22. The summed E-state index contributed by atoms with van der Waals surface area (Å²) < 4.78 is 0. The Morgan fingerprint density at radius 3 is 2.89 bits per heavy atom. The zero-order valence-electron chi connectivity index (χ0n) is 11.4. The van der Waals surface area contributed by atoms with Gasteiger partial charge in [0.15, 0.2) is 0 Å². The maximum atomic E-state index is 11.3. The van der Waals surface area contributed by atoms with Crippen molar-refractivity contribution in [2.24, 2.45) is 5.73 Å². The molecule has 1 aliphatic heterocycles. The molecule has 2 unspecified atom stereocenters. The first-order valence-corrected chi connectivity index (χ1v) is 6.94. The Hall–Kier alpha value is -1.39. The van der Waals surface area contributed by atoms with E-state index in [1.54, 1.807) is 0 Å². The average Bonchev–Trinajstić information content (AvgIpc) is 2.39. The smallest absolute Gasteiger partial charge is 0.321 e. The van der Waals surface area contributed by atoms with E-state index in [1.165, 1.54) is 0 Å². The lowest BCUT2D eigenvalue weighted by molar-refractivity contribution is -0.140. The molecule has 19 heavy (non-hydrogen) atoms. The molecule has 2 rings (SSSR count). The van der Waals surface area contributed by atoms with E-state index >= 15 is 0 Å². The fourth-order valence-corrected chi connectivity index (χ4v) is 2.80. The summed E-state index contributed by atoms with van der Waals surface area (Å²) >= 11 is 0. The number of aliphatic carboxylic acids is 1. The number of nitrogens with two attached hydrogens (primary N) is 1. The lowest BCUT2D eigenvalue weighted by Crippen LogP contribution is -2.60. The van der Waals surface area contributed by atoms with Crippen LogP contribution >= 0.6 is 0 Å². The van der Waals surface area contributed by atoms with Crippen molar-refractivity contribution in [1.29, 1.82) is 0 Å². The van der Waals surface area contributed by atoms with E-state index in [1.807, 2.05) is 24.3 Å². The summed E-state index contributed by atoms with van der Waals surface area (Å²) in [7, 11) is 0. The highest BCUT2D eigenvalue weighted by molar-refractivity contribution is 5.74. The van der Waals surface area contributed by atoms with Crippen LogP contribution in [0.15, 0.2) is 24.3 Å². The number of carboxylic acid groups (broad SMARTS) is 1. The zero-order valence-corrected chi connectivity index (χ0v) is 11.4. The molecule has 0 bridgehead atoms. The lowest BCUT2D eigenvalue weighted by atomic mass is 9.83. The number of benzene rings is 1. The molecular formula is C15H22N2O2. The summed E-state index contributed by atoms with van der Waals surface area (Å²) in [6.45, 7) is 2.14. The van der Waals surface area contributed by atoms with Crippen molar-refractivity contribution in [3.63, 3.8) is 0 Å². The average molecular weight is 262 g/mol. The minimum atomic E-state index is -0.834. The number of fused-ring (bicyclic) bond motifs is 1. The van der Waals surface area contributed by atoms with E-state index in [0.717, 1.165) is 36.8 Å². The molecule has 0 saturated carbocycles. The second-order valence-electron chi connectivity index (χ2n) is 5.32. The molecule has 2 atom stereocenters. The van der Waals surface area contributed by atoms with Gasteiger partial charge in [-0.3, -0.25) is 10.1 Å². The topological polar surface area (TPSA) is 75.3 Å². The predicted octanol–water partition coefficient (Wildman–Crippen LogP) is 1.98. The van der Waals surface area contributed by atoms with Crippen molar-refractivity contribution < 1.29 is 9.90 Å². The molecule has 1 aromatic rings. The molecule has 4 heteroatoms. The molecular weight excluding hydrogens is 240 g/mol. The van der Waals surface area contributed by atoms with Gasteiger partial charge in [-0.1, -0.05) is 44.0 Å². The van der Waals surface area contributed by atoms with Crippen molar-refractivity contribution in [3.05, 3.63) is 35.4 Å². The first kappa shape index (κ1) is 14.0. The van der Waals surface area contributed by atoms with Crippen LogP contribution in [0.4, 0.5) is 0 Å². The van der Waals surface area contributed by atoms with Crippen LogP contribution in [0.2, 0.25) is 0 Å². The Labute approximate surface area is 114 Å². The van der Waals surface area contributed by atoms with E-state index < -0.39 is 17.7 Å². The van der Waals surface area contributed by atoms with Crippen LogP contribution in [0.3, 0.4) is 0 Å². The summed E-state index contributed by atoms with van der Waals surface area (Å²) in [5.41, 5.74) is 7.84. The molecule has 0 spiro atoms. The fourth-order valence-electron chi connectivity index (χ4n) is 2.80. The molecule has 0 aliphatic carbocycles. The van der Waals surface area contributed by atoms with Crippen LogP contribution in [-0.4, -0.2) is 17.1 Å². The number of hydrogen-bond donors (Lipinski definition) is 3. The molecule has 4 nitrogen and oxygen atoms in total. The third-order valence-electron chi connectivity index (χ3n) is 3.83. The van der Waals surface area contributed by atoms with Gasteiger partial charge in [-0.2, -0.15) is 0 Å². The summed E-state index contributed by atoms with van der Waals surface area (Å²) in [5.74, 6) is -0.834. The zero-order chi connectivity index (χ0) is 13.9.